The normalized spacial score (nSPS) is 16.1. The van der Waals surface area contributed by atoms with Gasteiger partial charge in [-0.3, -0.25) is 0 Å². The number of esters is 1. The van der Waals surface area contributed by atoms with E-state index in [-0.39, 0.29) is 5.97 Å². The van der Waals surface area contributed by atoms with Gasteiger partial charge >= 0.3 is 5.97 Å². The van der Waals surface area contributed by atoms with Crippen LogP contribution in [0.1, 0.15) is 43.5 Å². The third kappa shape index (κ3) is 3.49. The summed E-state index contributed by atoms with van der Waals surface area (Å²) < 4.78 is 5.09. The van der Waals surface area contributed by atoms with Crippen LogP contribution >= 0.6 is 0 Å². The van der Waals surface area contributed by atoms with Crippen LogP contribution in [0.15, 0.2) is 24.3 Å². The van der Waals surface area contributed by atoms with Crippen LogP contribution in [0.4, 0.5) is 5.69 Å². The van der Waals surface area contributed by atoms with Crippen molar-refractivity contribution in [2.24, 2.45) is 5.92 Å². The van der Waals surface area contributed by atoms with Crippen molar-refractivity contribution in [1.29, 1.82) is 0 Å². The highest BCUT2D eigenvalue weighted by molar-refractivity contribution is 5.89. The second kappa shape index (κ2) is 5.89. The largest absolute Gasteiger partial charge is 0.462 e. The van der Waals surface area contributed by atoms with Crippen molar-refractivity contribution >= 4 is 11.7 Å². The quantitative estimate of drug-likeness (QED) is 0.782. The van der Waals surface area contributed by atoms with Crippen molar-refractivity contribution < 1.29 is 9.53 Å². The first-order chi connectivity index (χ1) is 8.70. The summed E-state index contributed by atoms with van der Waals surface area (Å²) in [5, 5.41) is 3.46. The Balaban J connectivity index is 1.89. The highest BCUT2D eigenvalue weighted by atomic mass is 16.5. The van der Waals surface area contributed by atoms with Crippen LogP contribution in [0.3, 0.4) is 0 Å². The maximum absolute atomic E-state index is 11.6. The summed E-state index contributed by atoms with van der Waals surface area (Å²) in [5.74, 6) is 0.581. The molecule has 3 nitrogen and oxygen atoms in total. The third-order valence-corrected chi connectivity index (χ3v) is 3.28. The molecule has 1 atom stereocenters. The maximum Gasteiger partial charge on any atom is 0.338 e. The fraction of sp³-hybridized carbons (Fsp3) is 0.533. The summed E-state index contributed by atoms with van der Waals surface area (Å²) in [6, 6.07) is 8.05. The summed E-state index contributed by atoms with van der Waals surface area (Å²) in [6.07, 6.45) is 3.51. The fourth-order valence-electron chi connectivity index (χ4n) is 1.96. The Kier molecular flexibility index (Phi) is 4.24. The Labute approximate surface area is 109 Å². The molecule has 98 valence electrons. The maximum atomic E-state index is 11.6. The number of ether oxygens (including phenoxy) is 1. The van der Waals surface area contributed by atoms with E-state index in [2.05, 4.69) is 12.2 Å². The van der Waals surface area contributed by atoms with Gasteiger partial charge in [0.25, 0.3) is 0 Å². The summed E-state index contributed by atoms with van der Waals surface area (Å²) in [7, 11) is 0. The van der Waals surface area contributed by atoms with Crippen LogP contribution in [0.2, 0.25) is 0 Å². The van der Waals surface area contributed by atoms with Crippen molar-refractivity contribution in [2.75, 3.05) is 11.9 Å². The lowest BCUT2D eigenvalue weighted by Gasteiger charge is -2.14. The Morgan fingerprint density at radius 3 is 2.61 bits per heavy atom. The summed E-state index contributed by atoms with van der Waals surface area (Å²) in [5.41, 5.74) is 1.69. The van der Waals surface area contributed by atoms with Crippen LogP contribution in [-0.2, 0) is 4.74 Å². The lowest BCUT2D eigenvalue weighted by atomic mass is 10.1. The molecule has 18 heavy (non-hydrogen) atoms. The van der Waals surface area contributed by atoms with Crippen LogP contribution in [0, 0.1) is 5.92 Å². The number of benzene rings is 1. The summed E-state index contributed by atoms with van der Waals surface area (Å²) in [6.45, 7) is 4.68. The molecule has 0 bridgehead atoms. The molecule has 1 unspecified atom stereocenters. The van der Waals surface area contributed by atoms with Gasteiger partial charge in [-0.05, 0) is 56.4 Å². The number of hydrogen-bond acceptors (Lipinski definition) is 3. The molecule has 0 amide bonds. The Bertz CT molecular complexity index is 395. The molecular formula is C15H21NO2. The molecule has 1 aliphatic carbocycles. The highest BCUT2D eigenvalue weighted by Gasteiger charge is 2.27. The minimum atomic E-state index is -0.237. The Morgan fingerprint density at radius 1 is 1.39 bits per heavy atom. The van der Waals surface area contributed by atoms with E-state index >= 15 is 0 Å². The highest BCUT2D eigenvalue weighted by Crippen LogP contribution is 2.33. The van der Waals surface area contributed by atoms with Gasteiger partial charge < -0.3 is 10.1 Å². The lowest BCUT2D eigenvalue weighted by molar-refractivity contribution is 0.0505. The third-order valence-electron chi connectivity index (χ3n) is 3.28. The van der Waals surface area contributed by atoms with Gasteiger partial charge in [-0.1, -0.05) is 6.92 Å². The topological polar surface area (TPSA) is 38.3 Å². The second-order valence-electron chi connectivity index (χ2n) is 4.98. The number of hydrogen-bond donors (Lipinski definition) is 1. The van der Waals surface area contributed by atoms with Crippen molar-refractivity contribution in [2.45, 2.75) is 39.2 Å². The molecule has 0 heterocycles. The molecule has 1 aliphatic rings. The monoisotopic (exact) mass is 247 g/mol. The van der Waals surface area contributed by atoms with E-state index < -0.39 is 0 Å². The van der Waals surface area contributed by atoms with Gasteiger partial charge in [0, 0.05) is 11.7 Å². The van der Waals surface area contributed by atoms with Crippen molar-refractivity contribution in [3.8, 4) is 0 Å². The predicted molar refractivity (Wildman–Crippen MR) is 72.8 cm³/mol. The predicted octanol–water partition coefficient (Wildman–Crippen LogP) is 3.46. The molecule has 1 aromatic carbocycles. The number of carbonyl (C=O) groups excluding carboxylic acids is 1. The van der Waals surface area contributed by atoms with Gasteiger partial charge in [-0.25, -0.2) is 4.79 Å². The molecule has 1 fully saturated rings. The molecule has 2 rings (SSSR count). The van der Waals surface area contributed by atoms with Crippen molar-refractivity contribution in [3.05, 3.63) is 29.8 Å². The average molecular weight is 247 g/mol. The zero-order valence-electron chi connectivity index (χ0n) is 11.1. The molecule has 0 saturated heterocycles. The molecule has 0 spiro atoms. The van der Waals surface area contributed by atoms with E-state index in [0.717, 1.165) is 18.0 Å². The summed E-state index contributed by atoms with van der Waals surface area (Å²) in [4.78, 5) is 11.6. The Hall–Kier alpha value is -1.51. The standard InChI is InChI=1S/C15H21NO2/c1-3-10-18-15(17)13-6-8-14(9-7-13)16-11(2)12-4-5-12/h6-9,11-12,16H,3-5,10H2,1-2H3. The van der Waals surface area contributed by atoms with E-state index in [1.165, 1.54) is 12.8 Å². The van der Waals surface area contributed by atoms with Crippen LogP contribution in [0.5, 0.6) is 0 Å². The number of rotatable bonds is 6. The minimum absolute atomic E-state index is 0.237. The Morgan fingerprint density at radius 2 is 2.06 bits per heavy atom. The molecule has 0 aliphatic heterocycles. The van der Waals surface area contributed by atoms with E-state index in [1.54, 1.807) is 0 Å². The number of carbonyl (C=O) groups is 1. The first kappa shape index (κ1) is 12.9. The van der Waals surface area contributed by atoms with E-state index in [0.29, 0.717) is 18.2 Å². The van der Waals surface area contributed by atoms with Gasteiger partial charge in [0.1, 0.15) is 0 Å². The molecular weight excluding hydrogens is 226 g/mol. The zero-order chi connectivity index (χ0) is 13.0. The minimum Gasteiger partial charge on any atom is -0.462 e. The first-order valence-electron chi connectivity index (χ1n) is 6.74. The van der Waals surface area contributed by atoms with Crippen LogP contribution in [0.25, 0.3) is 0 Å². The first-order valence-corrected chi connectivity index (χ1v) is 6.74. The molecule has 1 aromatic rings. The molecule has 0 radical (unpaired) electrons. The SMILES string of the molecule is CCCOC(=O)c1ccc(NC(C)C2CC2)cc1. The van der Waals surface area contributed by atoms with Gasteiger partial charge in [-0.2, -0.15) is 0 Å². The van der Waals surface area contributed by atoms with E-state index in [9.17, 15) is 4.79 Å². The molecule has 0 aromatic heterocycles. The zero-order valence-corrected chi connectivity index (χ0v) is 11.1. The van der Waals surface area contributed by atoms with E-state index in [1.807, 2.05) is 31.2 Å². The average Bonchev–Trinajstić information content (AvgIpc) is 3.21. The van der Waals surface area contributed by atoms with Crippen molar-refractivity contribution in [1.82, 2.24) is 0 Å². The molecule has 1 saturated carbocycles. The van der Waals surface area contributed by atoms with Gasteiger partial charge in [0.05, 0.1) is 12.2 Å². The van der Waals surface area contributed by atoms with Crippen molar-refractivity contribution in [3.63, 3.8) is 0 Å². The number of anilines is 1. The van der Waals surface area contributed by atoms with E-state index in [4.69, 9.17) is 4.74 Å². The second-order valence-corrected chi connectivity index (χ2v) is 4.98. The van der Waals surface area contributed by atoms with Crippen LogP contribution in [-0.4, -0.2) is 18.6 Å². The molecule has 3 heteroatoms. The van der Waals surface area contributed by atoms with Gasteiger partial charge in [0.15, 0.2) is 0 Å². The lowest BCUT2D eigenvalue weighted by Crippen LogP contribution is -2.17. The van der Waals surface area contributed by atoms with Gasteiger partial charge in [0.2, 0.25) is 0 Å². The number of nitrogens with one attached hydrogen (secondary N) is 1. The van der Waals surface area contributed by atoms with Crippen LogP contribution < -0.4 is 5.32 Å². The fourth-order valence-corrected chi connectivity index (χ4v) is 1.96. The smallest absolute Gasteiger partial charge is 0.338 e. The summed E-state index contributed by atoms with van der Waals surface area (Å²) >= 11 is 0. The molecule has 1 N–H and O–H groups in total. The van der Waals surface area contributed by atoms with Gasteiger partial charge in [-0.15, -0.1) is 0 Å².